The molecule has 1 unspecified atom stereocenters. The fourth-order valence-electron chi connectivity index (χ4n) is 2.27. The van der Waals surface area contributed by atoms with Gasteiger partial charge in [-0.2, -0.15) is 0 Å². The highest BCUT2D eigenvalue weighted by molar-refractivity contribution is 6.34. The van der Waals surface area contributed by atoms with E-state index in [0.29, 0.717) is 35.3 Å². The Balaban J connectivity index is 1.85. The van der Waals surface area contributed by atoms with Crippen LogP contribution >= 0.6 is 11.6 Å². The van der Waals surface area contributed by atoms with E-state index in [4.69, 9.17) is 17.3 Å². The van der Waals surface area contributed by atoms with Gasteiger partial charge in [-0.3, -0.25) is 9.59 Å². The highest BCUT2D eigenvalue weighted by atomic mass is 35.5. The van der Waals surface area contributed by atoms with E-state index < -0.39 is 0 Å². The SMILES string of the molecule is CC1CC(=O)N(CCC(=O)Nc2ccc(N)cc2Cl)C1. The Bertz CT molecular complexity index is 533. The fraction of sp³-hybridized carbons (Fsp3) is 0.429. The minimum absolute atomic E-state index is 0.121. The van der Waals surface area contributed by atoms with Crippen molar-refractivity contribution in [3.8, 4) is 0 Å². The molecule has 1 aromatic rings. The second-order valence-electron chi connectivity index (χ2n) is 5.19. The third kappa shape index (κ3) is 3.63. The van der Waals surface area contributed by atoms with Gasteiger partial charge in [0.1, 0.15) is 0 Å². The summed E-state index contributed by atoms with van der Waals surface area (Å²) in [5.41, 5.74) is 6.67. The number of halogens is 1. The van der Waals surface area contributed by atoms with Gasteiger partial charge in [-0.15, -0.1) is 0 Å². The smallest absolute Gasteiger partial charge is 0.226 e. The number of rotatable bonds is 4. The van der Waals surface area contributed by atoms with Crippen molar-refractivity contribution in [2.45, 2.75) is 19.8 Å². The summed E-state index contributed by atoms with van der Waals surface area (Å²) >= 11 is 5.98. The van der Waals surface area contributed by atoms with Crippen molar-refractivity contribution in [1.82, 2.24) is 4.90 Å². The Kier molecular flexibility index (Phi) is 4.49. The molecule has 3 N–H and O–H groups in total. The fourth-order valence-corrected chi connectivity index (χ4v) is 2.50. The van der Waals surface area contributed by atoms with Gasteiger partial charge in [0.2, 0.25) is 11.8 Å². The monoisotopic (exact) mass is 295 g/mol. The summed E-state index contributed by atoms with van der Waals surface area (Å²) in [5.74, 6) is 0.331. The highest BCUT2D eigenvalue weighted by Gasteiger charge is 2.26. The molecule has 108 valence electrons. The zero-order chi connectivity index (χ0) is 14.7. The number of nitrogen functional groups attached to an aromatic ring is 1. The maximum absolute atomic E-state index is 11.9. The number of amides is 2. The van der Waals surface area contributed by atoms with Crippen molar-refractivity contribution in [1.29, 1.82) is 0 Å². The van der Waals surface area contributed by atoms with Gasteiger partial charge >= 0.3 is 0 Å². The second kappa shape index (κ2) is 6.13. The van der Waals surface area contributed by atoms with Crippen molar-refractivity contribution in [2.75, 3.05) is 24.1 Å². The molecule has 0 aromatic heterocycles. The Labute approximate surface area is 123 Å². The quantitative estimate of drug-likeness (QED) is 0.836. The van der Waals surface area contributed by atoms with Crippen molar-refractivity contribution in [3.63, 3.8) is 0 Å². The van der Waals surface area contributed by atoms with Crippen LogP contribution in [0.25, 0.3) is 0 Å². The average Bonchev–Trinajstić information content (AvgIpc) is 2.69. The summed E-state index contributed by atoms with van der Waals surface area (Å²) in [7, 11) is 0. The zero-order valence-corrected chi connectivity index (χ0v) is 12.1. The van der Waals surface area contributed by atoms with Crippen LogP contribution in [0.15, 0.2) is 18.2 Å². The number of nitrogens with one attached hydrogen (secondary N) is 1. The van der Waals surface area contributed by atoms with E-state index in [-0.39, 0.29) is 18.2 Å². The lowest BCUT2D eigenvalue weighted by atomic mass is 10.2. The first kappa shape index (κ1) is 14.7. The van der Waals surface area contributed by atoms with Crippen LogP contribution in [0.5, 0.6) is 0 Å². The topological polar surface area (TPSA) is 75.4 Å². The van der Waals surface area contributed by atoms with Crippen LogP contribution in [0.2, 0.25) is 5.02 Å². The van der Waals surface area contributed by atoms with E-state index in [9.17, 15) is 9.59 Å². The highest BCUT2D eigenvalue weighted by Crippen LogP contribution is 2.24. The first-order chi connectivity index (χ1) is 9.45. The first-order valence-corrected chi connectivity index (χ1v) is 6.96. The van der Waals surface area contributed by atoms with Crippen LogP contribution in [0.3, 0.4) is 0 Å². The number of anilines is 2. The van der Waals surface area contributed by atoms with Crippen LogP contribution < -0.4 is 11.1 Å². The largest absolute Gasteiger partial charge is 0.399 e. The Morgan fingerprint density at radius 1 is 1.55 bits per heavy atom. The second-order valence-corrected chi connectivity index (χ2v) is 5.59. The molecule has 1 fully saturated rings. The number of benzene rings is 1. The number of carbonyl (C=O) groups excluding carboxylic acids is 2. The van der Waals surface area contributed by atoms with Gasteiger partial charge in [0, 0.05) is 31.6 Å². The third-order valence-corrected chi connectivity index (χ3v) is 3.60. The molecule has 1 saturated heterocycles. The first-order valence-electron chi connectivity index (χ1n) is 6.58. The number of nitrogens with zero attached hydrogens (tertiary/aromatic N) is 1. The number of hydrogen-bond acceptors (Lipinski definition) is 3. The van der Waals surface area contributed by atoms with Crippen LogP contribution in [-0.2, 0) is 9.59 Å². The molecule has 1 aliphatic heterocycles. The Morgan fingerprint density at radius 3 is 2.90 bits per heavy atom. The van der Waals surface area contributed by atoms with Crippen LogP contribution in [-0.4, -0.2) is 29.8 Å². The van der Waals surface area contributed by atoms with Gasteiger partial charge in [-0.05, 0) is 24.1 Å². The Hall–Kier alpha value is -1.75. The molecule has 0 saturated carbocycles. The normalized spacial score (nSPS) is 18.4. The van der Waals surface area contributed by atoms with Gasteiger partial charge in [-0.1, -0.05) is 18.5 Å². The molecule has 0 spiro atoms. The summed E-state index contributed by atoms with van der Waals surface area (Å²) in [6.45, 7) is 3.21. The predicted molar refractivity (Wildman–Crippen MR) is 79.5 cm³/mol. The predicted octanol–water partition coefficient (Wildman–Crippen LogP) is 2.12. The molecule has 2 amide bonds. The molecule has 0 radical (unpaired) electrons. The van der Waals surface area contributed by atoms with Crippen molar-refractivity contribution >= 4 is 34.8 Å². The van der Waals surface area contributed by atoms with Crippen molar-refractivity contribution < 1.29 is 9.59 Å². The lowest BCUT2D eigenvalue weighted by Crippen LogP contribution is -2.29. The summed E-state index contributed by atoms with van der Waals surface area (Å²) in [5, 5.41) is 3.13. The van der Waals surface area contributed by atoms with Gasteiger partial charge in [0.15, 0.2) is 0 Å². The molecule has 1 aromatic carbocycles. The lowest BCUT2D eigenvalue weighted by molar-refractivity contribution is -0.128. The maximum Gasteiger partial charge on any atom is 0.226 e. The third-order valence-electron chi connectivity index (χ3n) is 3.28. The van der Waals surface area contributed by atoms with Crippen LogP contribution in [0.4, 0.5) is 11.4 Å². The lowest BCUT2D eigenvalue weighted by Gasteiger charge is -2.15. The van der Waals surface area contributed by atoms with E-state index in [0.717, 1.165) is 6.54 Å². The number of hydrogen-bond donors (Lipinski definition) is 2. The van der Waals surface area contributed by atoms with Crippen molar-refractivity contribution in [2.24, 2.45) is 5.92 Å². The van der Waals surface area contributed by atoms with E-state index in [1.165, 1.54) is 0 Å². The van der Waals surface area contributed by atoms with Crippen molar-refractivity contribution in [3.05, 3.63) is 23.2 Å². The minimum Gasteiger partial charge on any atom is -0.399 e. The summed E-state index contributed by atoms with van der Waals surface area (Å²) in [6, 6.07) is 4.93. The molecule has 20 heavy (non-hydrogen) atoms. The average molecular weight is 296 g/mol. The molecule has 5 nitrogen and oxygen atoms in total. The number of carbonyl (C=O) groups is 2. The molecule has 6 heteroatoms. The summed E-state index contributed by atoms with van der Waals surface area (Å²) < 4.78 is 0. The molecule has 0 bridgehead atoms. The molecule has 1 heterocycles. The molecule has 1 aliphatic rings. The van der Waals surface area contributed by atoms with Gasteiger partial charge < -0.3 is 16.0 Å². The molecular formula is C14H18ClN3O2. The molecule has 0 aliphatic carbocycles. The standard InChI is InChI=1S/C14H18ClN3O2/c1-9-6-14(20)18(8-9)5-4-13(19)17-12-3-2-10(16)7-11(12)15/h2-3,7,9H,4-6,8,16H2,1H3,(H,17,19). The Morgan fingerprint density at radius 2 is 2.30 bits per heavy atom. The molecular weight excluding hydrogens is 278 g/mol. The number of likely N-dealkylation sites (tertiary alicyclic amines) is 1. The maximum atomic E-state index is 11.9. The van der Waals surface area contributed by atoms with Gasteiger partial charge in [-0.25, -0.2) is 0 Å². The van der Waals surface area contributed by atoms with Crippen LogP contribution in [0.1, 0.15) is 19.8 Å². The minimum atomic E-state index is -0.163. The van der Waals surface area contributed by atoms with E-state index in [1.807, 2.05) is 6.92 Å². The van der Waals surface area contributed by atoms with Gasteiger partial charge in [0.05, 0.1) is 10.7 Å². The molecule has 2 rings (SSSR count). The zero-order valence-electron chi connectivity index (χ0n) is 11.4. The van der Waals surface area contributed by atoms with E-state index in [1.54, 1.807) is 23.1 Å². The van der Waals surface area contributed by atoms with Crippen LogP contribution in [0, 0.1) is 5.92 Å². The van der Waals surface area contributed by atoms with Gasteiger partial charge in [0.25, 0.3) is 0 Å². The molecule has 1 atom stereocenters. The number of nitrogens with two attached hydrogens (primary N) is 1. The summed E-state index contributed by atoms with van der Waals surface area (Å²) in [6.07, 6.45) is 0.838. The van der Waals surface area contributed by atoms with E-state index >= 15 is 0 Å². The van der Waals surface area contributed by atoms with E-state index in [2.05, 4.69) is 5.32 Å². The summed E-state index contributed by atoms with van der Waals surface area (Å²) in [4.78, 5) is 25.2.